The fourth-order valence-electron chi connectivity index (χ4n) is 4.98. The molecular formula is C26H32ClN3O3S. The topological polar surface area (TPSA) is 92.5 Å². The van der Waals surface area contributed by atoms with E-state index in [9.17, 15) is 14.4 Å². The van der Waals surface area contributed by atoms with Crippen molar-refractivity contribution in [3.8, 4) is 0 Å². The number of benzene rings is 1. The van der Waals surface area contributed by atoms with E-state index in [0.717, 1.165) is 24.8 Å². The van der Waals surface area contributed by atoms with Crippen molar-refractivity contribution < 1.29 is 14.4 Å². The molecule has 182 valence electrons. The van der Waals surface area contributed by atoms with Crippen LogP contribution < -0.4 is 11.1 Å². The molecule has 0 bridgehead atoms. The van der Waals surface area contributed by atoms with Gasteiger partial charge in [0.1, 0.15) is 5.00 Å². The van der Waals surface area contributed by atoms with Gasteiger partial charge in [-0.3, -0.25) is 14.4 Å². The largest absolute Gasteiger partial charge is 0.369 e. The zero-order valence-corrected chi connectivity index (χ0v) is 21.5. The molecule has 3 N–H and O–H groups in total. The summed E-state index contributed by atoms with van der Waals surface area (Å²) in [5.41, 5.74) is 7.68. The van der Waals surface area contributed by atoms with Crippen molar-refractivity contribution in [3.05, 3.63) is 50.9 Å². The van der Waals surface area contributed by atoms with Crippen molar-refractivity contribution >= 4 is 45.7 Å². The Hall–Kier alpha value is -2.38. The number of halogens is 1. The molecule has 1 aliphatic carbocycles. The van der Waals surface area contributed by atoms with Gasteiger partial charge in [-0.15, -0.1) is 11.3 Å². The van der Waals surface area contributed by atoms with E-state index in [4.69, 9.17) is 17.3 Å². The molecule has 8 heteroatoms. The molecule has 2 aliphatic rings. The van der Waals surface area contributed by atoms with Gasteiger partial charge in [0.15, 0.2) is 0 Å². The maximum absolute atomic E-state index is 13.7. The third-order valence-corrected chi connectivity index (χ3v) is 8.73. The van der Waals surface area contributed by atoms with Crippen LogP contribution in [0, 0.1) is 17.3 Å². The molecule has 1 aromatic carbocycles. The minimum absolute atomic E-state index is 0.0795. The Kier molecular flexibility index (Phi) is 7.06. The number of carbonyl (C=O) groups excluding carboxylic acids is 3. The van der Waals surface area contributed by atoms with E-state index < -0.39 is 0 Å². The van der Waals surface area contributed by atoms with Crippen molar-refractivity contribution in [1.82, 2.24) is 4.90 Å². The summed E-state index contributed by atoms with van der Waals surface area (Å²) < 4.78 is 0. The van der Waals surface area contributed by atoms with Crippen molar-refractivity contribution in [3.63, 3.8) is 0 Å². The van der Waals surface area contributed by atoms with Crippen LogP contribution in [0.3, 0.4) is 0 Å². The first-order valence-corrected chi connectivity index (χ1v) is 13.0. The lowest BCUT2D eigenvalue weighted by molar-refractivity contribution is -0.123. The highest BCUT2D eigenvalue weighted by Crippen LogP contribution is 2.45. The number of anilines is 1. The van der Waals surface area contributed by atoms with Gasteiger partial charge in [-0.25, -0.2) is 0 Å². The first-order chi connectivity index (χ1) is 16.1. The fraction of sp³-hybridized carbons (Fsp3) is 0.500. The molecule has 1 atom stereocenters. The Balaban J connectivity index is 1.66. The van der Waals surface area contributed by atoms with Crippen molar-refractivity contribution in [2.45, 2.75) is 52.9 Å². The van der Waals surface area contributed by atoms with Crippen molar-refractivity contribution in [2.24, 2.45) is 23.0 Å². The Morgan fingerprint density at radius 3 is 2.41 bits per heavy atom. The van der Waals surface area contributed by atoms with Crippen LogP contribution in [-0.4, -0.2) is 35.7 Å². The average molecular weight is 502 g/mol. The summed E-state index contributed by atoms with van der Waals surface area (Å²) in [6, 6.07) is 6.90. The zero-order valence-electron chi connectivity index (χ0n) is 19.9. The molecule has 34 heavy (non-hydrogen) atoms. The molecule has 1 saturated heterocycles. The van der Waals surface area contributed by atoms with Gasteiger partial charge < -0.3 is 16.0 Å². The normalized spacial score (nSPS) is 18.9. The van der Waals surface area contributed by atoms with Crippen molar-refractivity contribution in [1.29, 1.82) is 0 Å². The first kappa shape index (κ1) is 24.7. The zero-order chi connectivity index (χ0) is 24.6. The number of thiophene rings is 1. The summed E-state index contributed by atoms with van der Waals surface area (Å²) in [5, 5.41) is 3.96. The molecule has 2 heterocycles. The Labute approximate surface area is 209 Å². The number of hydrogen-bond donors (Lipinski definition) is 2. The molecule has 3 amide bonds. The highest BCUT2D eigenvalue weighted by atomic mass is 35.5. The van der Waals surface area contributed by atoms with E-state index in [1.807, 2.05) is 0 Å². The van der Waals surface area contributed by atoms with E-state index in [1.165, 1.54) is 16.2 Å². The lowest BCUT2D eigenvalue weighted by atomic mass is 9.72. The van der Waals surface area contributed by atoms with Gasteiger partial charge in [-0.2, -0.15) is 0 Å². The third kappa shape index (κ3) is 5.01. The van der Waals surface area contributed by atoms with Crippen LogP contribution in [0.4, 0.5) is 5.00 Å². The number of fused-ring (bicyclic) bond motifs is 1. The standard InChI is InChI=1S/C26H32ClN3O3S/c1-26(2,3)16-8-9-18-20(14-16)34-24(29-23(32)17-6-4-5-7-19(17)27)21(18)25(33)30-12-10-15(11-13-30)22(28)31/h4-7,15-16H,8-14H2,1-3H3,(H2,28,31)(H,29,32). The predicted molar refractivity (Wildman–Crippen MR) is 137 cm³/mol. The highest BCUT2D eigenvalue weighted by molar-refractivity contribution is 7.17. The van der Waals surface area contributed by atoms with Gasteiger partial charge in [0.2, 0.25) is 5.91 Å². The number of nitrogens with zero attached hydrogens (tertiary/aromatic N) is 1. The highest BCUT2D eigenvalue weighted by Gasteiger charge is 2.36. The Morgan fingerprint density at radius 2 is 1.79 bits per heavy atom. The molecule has 4 rings (SSSR count). The number of rotatable bonds is 4. The van der Waals surface area contributed by atoms with Crippen LogP contribution in [0.2, 0.25) is 5.02 Å². The van der Waals surface area contributed by atoms with Gasteiger partial charge in [-0.1, -0.05) is 44.5 Å². The van der Waals surface area contributed by atoms with Crippen LogP contribution in [0.25, 0.3) is 0 Å². The molecule has 0 spiro atoms. The van der Waals surface area contributed by atoms with Crippen LogP contribution in [0.15, 0.2) is 24.3 Å². The van der Waals surface area contributed by atoms with Crippen LogP contribution in [0.1, 0.15) is 71.2 Å². The van der Waals surface area contributed by atoms with Gasteiger partial charge in [0.05, 0.1) is 16.1 Å². The van der Waals surface area contributed by atoms with Gasteiger partial charge >= 0.3 is 0 Å². The van der Waals surface area contributed by atoms with Crippen molar-refractivity contribution in [2.75, 3.05) is 18.4 Å². The molecule has 2 aromatic rings. The van der Waals surface area contributed by atoms with E-state index in [0.29, 0.717) is 53.0 Å². The maximum Gasteiger partial charge on any atom is 0.257 e. The summed E-state index contributed by atoms with van der Waals surface area (Å²) in [7, 11) is 0. The van der Waals surface area contributed by atoms with Gasteiger partial charge in [-0.05, 0) is 61.1 Å². The summed E-state index contributed by atoms with van der Waals surface area (Å²) in [5.74, 6) is -0.379. The Bertz CT molecular complexity index is 1110. The SMILES string of the molecule is CC(C)(C)C1CCc2c(sc(NC(=O)c3ccccc3Cl)c2C(=O)N2CCC(C(N)=O)CC2)C1. The predicted octanol–water partition coefficient (Wildman–Crippen LogP) is 5.14. The third-order valence-electron chi connectivity index (χ3n) is 7.23. The molecule has 1 unspecified atom stereocenters. The minimum Gasteiger partial charge on any atom is -0.369 e. The second-order valence-corrected chi connectivity index (χ2v) is 11.9. The number of likely N-dealkylation sites (tertiary alicyclic amines) is 1. The maximum atomic E-state index is 13.7. The molecule has 6 nitrogen and oxygen atoms in total. The number of nitrogens with one attached hydrogen (secondary N) is 1. The lowest BCUT2D eigenvalue weighted by Gasteiger charge is -2.34. The second kappa shape index (κ2) is 9.70. The number of nitrogens with two attached hydrogens (primary N) is 1. The van der Waals surface area contributed by atoms with E-state index in [-0.39, 0.29) is 29.1 Å². The van der Waals surface area contributed by atoms with Gasteiger partial charge in [0.25, 0.3) is 11.8 Å². The van der Waals surface area contributed by atoms with Crippen LogP contribution in [0.5, 0.6) is 0 Å². The number of carbonyl (C=O) groups is 3. The number of amides is 3. The van der Waals surface area contributed by atoms with Crippen LogP contribution in [-0.2, 0) is 17.6 Å². The van der Waals surface area contributed by atoms with Crippen LogP contribution >= 0.6 is 22.9 Å². The van der Waals surface area contributed by atoms with E-state index in [2.05, 4.69) is 26.1 Å². The molecule has 0 radical (unpaired) electrons. The van der Waals surface area contributed by atoms with E-state index >= 15 is 0 Å². The smallest absolute Gasteiger partial charge is 0.257 e. The average Bonchev–Trinajstić information content (AvgIpc) is 3.15. The summed E-state index contributed by atoms with van der Waals surface area (Å²) in [4.78, 5) is 41.3. The summed E-state index contributed by atoms with van der Waals surface area (Å²) >= 11 is 7.76. The minimum atomic E-state index is -0.321. The monoisotopic (exact) mass is 501 g/mol. The number of primary amides is 1. The lowest BCUT2D eigenvalue weighted by Crippen LogP contribution is -2.42. The summed E-state index contributed by atoms with van der Waals surface area (Å²) in [6.45, 7) is 7.74. The van der Waals surface area contributed by atoms with E-state index in [1.54, 1.807) is 29.2 Å². The molecule has 0 saturated carbocycles. The Morgan fingerprint density at radius 1 is 1.12 bits per heavy atom. The fourth-order valence-corrected chi connectivity index (χ4v) is 6.52. The number of hydrogen-bond acceptors (Lipinski definition) is 4. The first-order valence-electron chi connectivity index (χ1n) is 11.8. The molecule has 1 fully saturated rings. The molecule has 1 aliphatic heterocycles. The second-order valence-electron chi connectivity index (χ2n) is 10.4. The summed E-state index contributed by atoms with van der Waals surface area (Å²) in [6.07, 6.45) is 3.86. The van der Waals surface area contributed by atoms with Gasteiger partial charge in [0, 0.05) is 23.9 Å². The quantitative estimate of drug-likeness (QED) is 0.607. The molecule has 1 aromatic heterocycles. The molecular weight excluding hydrogens is 470 g/mol. The number of piperidine rings is 1.